The third-order valence-electron chi connectivity index (χ3n) is 8.43. The average Bonchev–Trinajstić information content (AvgIpc) is 3.01. The molecule has 0 spiro atoms. The SMILES string of the molecule is CCC(=O)NCCN1C(=O)C(C)(C)Oc2cc(F)c(C(=O)N(CC)[C@H]3CN(C(=O)OC(C)(C)C)CC[C@@H]3c3cccc(OC)c3)cc21. The van der Waals surface area contributed by atoms with Gasteiger partial charge in [0.05, 0.1) is 24.4 Å². The second kappa shape index (κ2) is 14.2. The van der Waals surface area contributed by atoms with Gasteiger partial charge in [0.15, 0.2) is 5.60 Å². The lowest BCUT2D eigenvalue weighted by Gasteiger charge is -2.44. The normalized spacial score (nSPS) is 19.0. The molecule has 0 aliphatic carbocycles. The monoisotopic (exact) mass is 654 g/mol. The number of hydrogen-bond acceptors (Lipinski definition) is 7. The minimum atomic E-state index is -1.29. The van der Waals surface area contributed by atoms with Crippen molar-refractivity contribution in [3.63, 3.8) is 0 Å². The van der Waals surface area contributed by atoms with Gasteiger partial charge < -0.3 is 34.2 Å². The average molecular weight is 655 g/mol. The number of hydrogen-bond donors (Lipinski definition) is 1. The van der Waals surface area contributed by atoms with Gasteiger partial charge in [-0.3, -0.25) is 14.4 Å². The van der Waals surface area contributed by atoms with Crippen LogP contribution >= 0.6 is 0 Å². The van der Waals surface area contributed by atoms with Crippen LogP contribution in [0.5, 0.6) is 11.5 Å². The highest BCUT2D eigenvalue weighted by Gasteiger charge is 2.43. The third kappa shape index (κ3) is 7.97. The third-order valence-corrected chi connectivity index (χ3v) is 8.43. The molecular weight excluding hydrogens is 607 g/mol. The molecule has 2 aliphatic heterocycles. The van der Waals surface area contributed by atoms with Crippen molar-refractivity contribution in [2.75, 3.05) is 44.7 Å². The van der Waals surface area contributed by atoms with Gasteiger partial charge in [0.25, 0.3) is 11.8 Å². The first-order valence-electron chi connectivity index (χ1n) is 16.1. The van der Waals surface area contributed by atoms with Crippen LogP contribution in [0.4, 0.5) is 14.9 Å². The van der Waals surface area contributed by atoms with Crippen LogP contribution in [-0.4, -0.2) is 90.7 Å². The highest BCUT2D eigenvalue weighted by molar-refractivity contribution is 6.04. The lowest BCUT2D eigenvalue weighted by Crippen LogP contribution is -2.56. The molecule has 11 nitrogen and oxygen atoms in total. The maximum Gasteiger partial charge on any atom is 0.410 e. The van der Waals surface area contributed by atoms with E-state index in [2.05, 4.69) is 5.32 Å². The van der Waals surface area contributed by atoms with E-state index in [1.165, 1.54) is 11.0 Å². The maximum atomic E-state index is 15.9. The number of benzene rings is 2. The van der Waals surface area contributed by atoms with Crippen molar-refractivity contribution in [2.24, 2.45) is 0 Å². The molecule has 0 aromatic heterocycles. The number of anilines is 1. The van der Waals surface area contributed by atoms with Crippen molar-refractivity contribution >= 4 is 29.5 Å². The van der Waals surface area contributed by atoms with Gasteiger partial charge >= 0.3 is 6.09 Å². The molecular formula is C35H47FN4O7. The summed E-state index contributed by atoms with van der Waals surface area (Å²) in [5, 5.41) is 2.76. The fourth-order valence-corrected chi connectivity index (χ4v) is 6.09. The summed E-state index contributed by atoms with van der Waals surface area (Å²) in [5.74, 6) is -1.35. The molecule has 256 valence electrons. The van der Waals surface area contributed by atoms with Crippen LogP contribution in [0.2, 0.25) is 0 Å². The fraction of sp³-hybridized carbons (Fsp3) is 0.543. The Morgan fingerprint density at radius 2 is 1.87 bits per heavy atom. The molecule has 2 aromatic carbocycles. The molecule has 4 rings (SSSR count). The predicted molar refractivity (Wildman–Crippen MR) is 175 cm³/mol. The molecule has 1 saturated heterocycles. The van der Waals surface area contributed by atoms with Crippen LogP contribution in [0.3, 0.4) is 0 Å². The zero-order valence-corrected chi connectivity index (χ0v) is 28.6. The van der Waals surface area contributed by atoms with Gasteiger partial charge in [-0.2, -0.15) is 0 Å². The van der Waals surface area contributed by atoms with E-state index in [4.69, 9.17) is 14.2 Å². The quantitative estimate of drug-likeness (QED) is 0.399. The molecule has 47 heavy (non-hydrogen) atoms. The minimum absolute atomic E-state index is 0.104. The lowest BCUT2D eigenvalue weighted by molar-refractivity contribution is -0.132. The molecule has 0 saturated carbocycles. The second-order valence-corrected chi connectivity index (χ2v) is 13.3. The number of piperidine rings is 1. The number of carbonyl (C=O) groups excluding carboxylic acids is 4. The number of nitrogens with one attached hydrogen (secondary N) is 1. The van der Waals surface area contributed by atoms with Gasteiger partial charge in [0, 0.05) is 51.1 Å². The van der Waals surface area contributed by atoms with Gasteiger partial charge in [-0.25, -0.2) is 9.18 Å². The van der Waals surface area contributed by atoms with Crippen LogP contribution in [-0.2, 0) is 14.3 Å². The molecule has 0 unspecified atom stereocenters. The second-order valence-electron chi connectivity index (χ2n) is 13.3. The molecule has 2 heterocycles. The minimum Gasteiger partial charge on any atom is -0.497 e. The number of carbonyl (C=O) groups is 4. The number of fused-ring (bicyclic) bond motifs is 1. The standard InChI is InChI=1S/C35H47FN4O7/c1-9-30(41)37-15-17-40-27-19-25(26(36)20-29(27)46-35(6,7)32(40)43)31(42)39(10-2)28-21-38(33(44)47-34(3,4)5)16-14-24(28)22-12-11-13-23(18-22)45-8/h11-13,18-20,24,28H,9-10,14-17,21H2,1-8H3,(H,37,41)/t24-,28+/m1/s1. The Kier molecular flexibility index (Phi) is 10.7. The van der Waals surface area contributed by atoms with E-state index in [0.717, 1.165) is 11.6 Å². The summed E-state index contributed by atoms with van der Waals surface area (Å²) in [6.07, 6.45) is 0.334. The van der Waals surface area contributed by atoms with E-state index in [1.807, 2.05) is 24.3 Å². The first kappa shape index (κ1) is 35.5. The number of methoxy groups -OCH3 is 1. The molecule has 12 heteroatoms. The molecule has 2 atom stereocenters. The fourth-order valence-electron chi connectivity index (χ4n) is 6.09. The van der Waals surface area contributed by atoms with Crippen LogP contribution < -0.4 is 19.7 Å². The molecule has 1 fully saturated rings. The smallest absolute Gasteiger partial charge is 0.410 e. The van der Waals surface area contributed by atoms with E-state index >= 15 is 4.39 Å². The summed E-state index contributed by atoms with van der Waals surface area (Å²) in [5.41, 5.74) is -1.06. The first-order chi connectivity index (χ1) is 22.1. The van der Waals surface area contributed by atoms with Crippen molar-refractivity contribution in [1.29, 1.82) is 0 Å². The summed E-state index contributed by atoms with van der Waals surface area (Å²) in [7, 11) is 1.58. The van der Waals surface area contributed by atoms with E-state index in [9.17, 15) is 19.2 Å². The molecule has 0 bridgehead atoms. The number of halogens is 1. The van der Waals surface area contributed by atoms with E-state index in [0.29, 0.717) is 25.1 Å². The summed E-state index contributed by atoms with van der Waals surface area (Å²) in [4.78, 5) is 57.5. The van der Waals surface area contributed by atoms with Crippen molar-refractivity contribution < 1.29 is 37.8 Å². The topological polar surface area (TPSA) is 118 Å². The van der Waals surface area contributed by atoms with Crippen LogP contribution in [0.15, 0.2) is 36.4 Å². The van der Waals surface area contributed by atoms with Gasteiger partial charge in [-0.1, -0.05) is 19.1 Å². The van der Waals surface area contributed by atoms with Crippen molar-refractivity contribution in [2.45, 2.75) is 84.5 Å². The largest absolute Gasteiger partial charge is 0.497 e. The Balaban J connectivity index is 1.73. The predicted octanol–water partition coefficient (Wildman–Crippen LogP) is 5.12. The number of amides is 4. The number of rotatable bonds is 9. The number of nitrogens with zero attached hydrogens (tertiary/aromatic N) is 3. The Labute approximate surface area is 276 Å². The molecule has 2 aliphatic rings. The van der Waals surface area contributed by atoms with E-state index in [-0.39, 0.29) is 60.9 Å². The lowest BCUT2D eigenvalue weighted by atomic mass is 9.84. The summed E-state index contributed by atoms with van der Waals surface area (Å²) in [6, 6.07) is 9.54. The molecule has 0 radical (unpaired) electrons. The highest BCUT2D eigenvalue weighted by atomic mass is 19.1. The van der Waals surface area contributed by atoms with E-state index in [1.54, 1.807) is 65.4 Å². The Bertz CT molecular complexity index is 1510. The van der Waals surface area contributed by atoms with Crippen molar-refractivity contribution in [3.05, 3.63) is 53.3 Å². The number of ether oxygens (including phenoxy) is 3. The molecule has 2 aromatic rings. The summed E-state index contributed by atoms with van der Waals surface area (Å²) in [6.45, 7) is 13.2. The number of likely N-dealkylation sites (tertiary alicyclic amines) is 1. The maximum absolute atomic E-state index is 15.9. The van der Waals surface area contributed by atoms with Gasteiger partial charge in [0.2, 0.25) is 5.91 Å². The van der Waals surface area contributed by atoms with Crippen LogP contribution in [0.1, 0.15) is 83.1 Å². The van der Waals surface area contributed by atoms with Gasteiger partial charge in [0.1, 0.15) is 22.9 Å². The van der Waals surface area contributed by atoms with Crippen LogP contribution in [0, 0.1) is 5.82 Å². The molecule has 1 N–H and O–H groups in total. The molecule has 4 amide bonds. The van der Waals surface area contributed by atoms with E-state index < -0.39 is 35.1 Å². The van der Waals surface area contributed by atoms with Gasteiger partial charge in [-0.05, 0) is 71.7 Å². The highest BCUT2D eigenvalue weighted by Crippen LogP contribution is 2.41. The zero-order chi connectivity index (χ0) is 34.7. The van der Waals surface area contributed by atoms with Crippen molar-refractivity contribution in [1.82, 2.24) is 15.1 Å². The van der Waals surface area contributed by atoms with Crippen LogP contribution in [0.25, 0.3) is 0 Å². The Morgan fingerprint density at radius 1 is 1.15 bits per heavy atom. The zero-order valence-electron chi connectivity index (χ0n) is 28.6. The number of likely N-dealkylation sites (N-methyl/N-ethyl adjacent to an activating group) is 1. The Morgan fingerprint density at radius 3 is 2.51 bits per heavy atom. The Hall–Kier alpha value is -4.35. The summed E-state index contributed by atoms with van der Waals surface area (Å²) >= 11 is 0. The summed E-state index contributed by atoms with van der Waals surface area (Å²) < 4.78 is 32.9. The first-order valence-corrected chi connectivity index (χ1v) is 16.1. The van der Waals surface area contributed by atoms with Crippen molar-refractivity contribution in [3.8, 4) is 11.5 Å². The van der Waals surface area contributed by atoms with Gasteiger partial charge in [-0.15, -0.1) is 0 Å².